The molecular formula is C17H18N2. The van der Waals surface area contributed by atoms with Crippen molar-refractivity contribution in [1.29, 1.82) is 0 Å². The molecular weight excluding hydrogens is 232 g/mol. The maximum Gasteiger partial charge on any atom is 0.0721 e. The van der Waals surface area contributed by atoms with Gasteiger partial charge in [-0.15, -0.1) is 0 Å². The van der Waals surface area contributed by atoms with Gasteiger partial charge in [0.05, 0.1) is 5.71 Å². The first-order valence-corrected chi connectivity index (χ1v) is 6.80. The first kappa shape index (κ1) is 12.1. The lowest BCUT2D eigenvalue weighted by molar-refractivity contribution is 0.943. The second-order valence-electron chi connectivity index (χ2n) is 4.87. The Bertz CT molecular complexity index is 597. The summed E-state index contributed by atoms with van der Waals surface area (Å²) in [7, 11) is 0. The van der Waals surface area contributed by atoms with Crippen molar-refractivity contribution in [3.8, 4) is 0 Å². The number of nitrogens with zero attached hydrogens (tertiary/aromatic N) is 1. The maximum atomic E-state index is 5.58. The van der Waals surface area contributed by atoms with Gasteiger partial charge in [-0.1, -0.05) is 48.5 Å². The van der Waals surface area contributed by atoms with Crippen LogP contribution in [0.1, 0.15) is 22.3 Å². The lowest BCUT2D eigenvalue weighted by Gasteiger charge is -2.17. The van der Waals surface area contributed by atoms with Crippen LogP contribution in [-0.2, 0) is 12.8 Å². The summed E-state index contributed by atoms with van der Waals surface area (Å²) < 4.78 is 0. The summed E-state index contributed by atoms with van der Waals surface area (Å²) in [6.45, 7) is 1.58. The second-order valence-corrected chi connectivity index (χ2v) is 4.87. The van der Waals surface area contributed by atoms with Gasteiger partial charge in [-0.3, -0.25) is 4.99 Å². The summed E-state index contributed by atoms with van der Waals surface area (Å²) >= 11 is 0. The summed E-state index contributed by atoms with van der Waals surface area (Å²) in [5, 5.41) is 0. The SMILES string of the molecule is NCCc1ccc(C2=NCCc3ccccc32)cc1. The molecule has 2 aromatic rings. The van der Waals surface area contributed by atoms with Crippen LogP contribution in [0, 0.1) is 0 Å². The van der Waals surface area contributed by atoms with E-state index in [0.29, 0.717) is 6.54 Å². The molecule has 0 amide bonds. The molecule has 3 rings (SSSR count). The molecule has 1 aliphatic heterocycles. The minimum Gasteiger partial charge on any atom is -0.330 e. The van der Waals surface area contributed by atoms with E-state index in [1.807, 2.05) is 0 Å². The van der Waals surface area contributed by atoms with Crippen molar-refractivity contribution in [2.24, 2.45) is 10.7 Å². The Morgan fingerprint density at radius 1 is 1.00 bits per heavy atom. The highest BCUT2D eigenvalue weighted by Gasteiger charge is 2.14. The Morgan fingerprint density at radius 3 is 2.58 bits per heavy atom. The van der Waals surface area contributed by atoms with E-state index in [0.717, 1.165) is 25.1 Å². The quantitative estimate of drug-likeness (QED) is 0.893. The van der Waals surface area contributed by atoms with Crippen molar-refractivity contribution < 1.29 is 0 Å². The van der Waals surface area contributed by atoms with E-state index in [1.54, 1.807) is 0 Å². The van der Waals surface area contributed by atoms with Crippen LogP contribution in [0.15, 0.2) is 53.5 Å². The Morgan fingerprint density at radius 2 is 1.79 bits per heavy atom. The van der Waals surface area contributed by atoms with Crippen molar-refractivity contribution >= 4 is 5.71 Å². The molecule has 0 aliphatic carbocycles. The van der Waals surface area contributed by atoms with E-state index in [9.17, 15) is 0 Å². The third kappa shape index (κ3) is 2.45. The van der Waals surface area contributed by atoms with Gasteiger partial charge in [-0.2, -0.15) is 0 Å². The van der Waals surface area contributed by atoms with Crippen LogP contribution in [0.4, 0.5) is 0 Å². The first-order chi connectivity index (χ1) is 9.38. The molecule has 2 aromatic carbocycles. The monoisotopic (exact) mass is 250 g/mol. The first-order valence-electron chi connectivity index (χ1n) is 6.80. The second kappa shape index (κ2) is 5.37. The molecule has 0 spiro atoms. The van der Waals surface area contributed by atoms with Crippen LogP contribution >= 0.6 is 0 Å². The van der Waals surface area contributed by atoms with Gasteiger partial charge in [-0.05, 0) is 30.5 Å². The van der Waals surface area contributed by atoms with Crippen LogP contribution in [0.2, 0.25) is 0 Å². The predicted molar refractivity (Wildman–Crippen MR) is 79.9 cm³/mol. The minimum atomic E-state index is 0.698. The van der Waals surface area contributed by atoms with Crippen molar-refractivity contribution in [3.05, 3.63) is 70.8 Å². The largest absolute Gasteiger partial charge is 0.330 e. The summed E-state index contributed by atoms with van der Waals surface area (Å²) in [6.07, 6.45) is 1.98. The average molecular weight is 250 g/mol. The Labute approximate surface area is 114 Å². The van der Waals surface area contributed by atoms with Gasteiger partial charge in [0.25, 0.3) is 0 Å². The number of aliphatic imine (C=N–C) groups is 1. The molecule has 0 atom stereocenters. The van der Waals surface area contributed by atoms with Crippen LogP contribution in [0.25, 0.3) is 0 Å². The molecule has 2 heteroatoms. The van der Waals surface area contributed by atoms with Crippen molar-refractivity contribution in [1.82, 2.24) is 0 Å². The van der Waals surface area contributed by atoms with E-state index in [-0.39, 0.29) is 0 Å². The molecule has 0 fully saturated rings. The van der Waals surface area contributed by atoms with Crippen LogP contribution < -0.4 is 5.73 Å². The Kier molecular flexibility index (Phi) is 3.43. The maximum absolute atomic E-state index is 5.58. The molecule has 0 saturated carbocycles. The van der Waals surface area contributed by atoms with Crippen LogP contribution in [0.3, 0.4) is 0 Å². The zero-order chi connectivity index (χ0) is 13.1. The number of hydrogen-bond acceptors (Lipinski definition) is 2. The normalized spacial score (nSPS) is 13.8. The fourth-order valence-electron chi connectivity index (χ4n) is 2.59. The molecule has 0 bridgehead atoms. The van der Waals surface area contributed by atoms with E-state index >= 15 is 0 Å². The zero-order valence-electron chi connectivity index (χ0n) is 11.0. The Balaban J connectivity index is 1.96. The predicted octanol–water partition coefficient (Wildman–Crippen LogP) is 2.58. The number of nitrogens with two attached hydrogens (primary N) is 1. The van der Waals surface area contributed by atoms with Crippen molar-refractivity contribution in [2.75, 3.05) is 13.1 Å². The number of benzene rings is 2. The van der Waals surface area contributed by atoms with Crippen LogP contribution in [-0.4, -0.2) is 18.8 Å². The van der Waals surface area contributed by atoms with E-state index in [1.165, 1.54) is 22.3 Å². The lowest BCUT2D eigenvalue weighted by Crippen LogP contribution is -2.14. The molecule has 2 nitrogen and oxygen atoms in total. The average Bonchev–Trinajstić information content (AvgIpc) is 2.48. The fourth-order valence-corrected chi connectivity index (χ4v) is 2.59. The summed E-state index contributed by atoms with van der Waals surface area (Å²) in [4.78, 5) is 4.71. The summed E-state index contributed by atoms with van der Waals surface area (Å²) in [5.41, 5.74) is 11.9. The van der Waals surface area contributed by atoms with E-state index in [2.05, 4.69) is 48.5 Å². The fraction of sp³-hybridized carbons (Fsp3) is 0.235. The van der Waals surface area contributed by atoms with Gasteiger partial charge in [-0.25, -0.2) is 0 Å². The molecule has 19 heavy (non-hydrogen) atoms. The van der Waals surface area contributed by atoms with E-state index < -0.39 is 0 Å². The van der Waals surface area contributed by atoms with Crippen molar-refractivity contribution in [2.45, 2.75) is 12.8 Å². The summed E-state index contributed by atoms with van der Waals surface area (Å²) in [6, 6.07) is 17.2. The van der Waals surface area contributed by atoms with Gasteiger partial charge in [0.15, 0.2) is 0 Å². The standard InChI is InChI=1S/C17H18N2/c18-11-9-13-5-7-15(8-6-13)17-16-4-2-1-3-14(16)10-12-19-17/h1-8H,9-12,18H2. The highest BCUT2D eigenvalue weighted by Crippen LogP contribution is 2.20. The van der Waals surface area contributed by atoms with Gasteiger partial charge in [0.1, 0.15) is 0 Å². The molecule has 2 N–H and O–H groups in total. The molecule has 0 saturated heterocycles. The van der Waals surface area contributed by atoms with E-state index in [4.69, 9.17) is 10.7 Å². The highest BCUT2D eigenvalue weighted by atomic mass is 14.7. The molecule has 96 valence electrons. The smallest absolute Gasteiger partial charge is 0.0721 e. The van der Waals surface area contributed by atoms with Gasteiger partial charge in [0.2, 0.25) is 0 Å². The van der Waals surface area contributed by atoms with Gasteiger partial charge >= 0.3 is 0 Å². The molecule has 0 radical (unpaired) electrons. The molecule has 0 unspecified atom stereocenters. The number of hydrogen-bond donors (Lipinski definition) is 1. The molecule has 1 heterocycles. The molecule has 1 aliphatic rings. The zero-order valence-corrected chi connectivity index (χ0v) is 11.0. The van der Waals surface area contributed by atoms with Crippen LogP contribution in [0.5, 0.6) is 0 Å². The van der Waals surface area contributed by atoms with Gasteiger partial charge < -0.3 is 5.73 Å². The lowest BCUT2D eigenvalue weighted by atomic mass is 9.93. The third-order valence-corrected chi connectivity index (χ3v) is 3.58. The topological polar surface area (TPSA) is 38.4 Å². The Hall–Kier alpha value is -1.93. The highest BCUT2D eigenvalue weighted by molar-refractivity contribution is 6.14. The number of rotatable bonds is 3. The number of fused-ring (bicyclic) bond motifs is 1. The third-order valence-electron chi connectivity index (χ3n) is 3.58. The minimum absolute atomic E-state index is 0.698. The van der Waals surface area contributed by atoms with Crippen molar-refractivity contribution in [3.63, 3.8) is 0 Å². The summed E-state index contributed by atoms with van der Waals surface area (Å²) in [5.74, 6) is 0. The van der Waals surface area contributed by atoms with Gasteiger partial charge in [0, 0.05) is 17.7 Å². The molecule has 0 aromatic heterocycles.